The van der Waals surface area contributed by atoms with E-state index in [2.05, 4.69) is 27.8 Å². The van der Waals surface area contributed by atoms with Gasteiger partial charge in [0.25, 0.3) is 0 Å². The molecule has 1 aliphatic heterocycles. The molecule has 4 heteroatoms. The third-order valence-corrected chi connectivity index (χ3v) is 5.28. The second kappa shape index (κ2) is 5.56. The van der Waals surface area contributed by atoms with E-state index in [0.29, 0.717) is 5.92 Å². The minimum absolute atomic E-state index is 0.642. The van der Waals surface area contributed by atoms with E-state index in [1.807, 2.05) is 0 Å². The molecule has 2 aliphatic carbocycles. The van der Waals surface area contributed by atoms with Crippen molar-refractivity contribution in [3.8, 4) is 0 Å². The molecular weight excluding hydrogens is 260 g/mol. The van der Waals surface area contributed by atoms with Crippen molar-refractivity contribution < 1.29 is 0 Å². The van der Waals surface area contributed by atoms with Crippen LogP contribution in [0.4, 0.5) is 5.82 Å². The summed E-state index contributed by atoms with van der Waals surface area (Å²) >= 11 is 0. The van der Waals surface area contributed by atoms with Gasteiger partial charge in [0.1, 0.15) is 11.6 Å². The van der Waals surface area contributed by atoms with Gasteiger partial charge in [0, 0.05) is 49.9 Å². The number of hydrogen-bond acceptors (Lipinski definition) is 4. The average Bonchev–Trinajstić information content (AvgIpc) is 3.22. The highest BCUT2D eigenvalue weighted by molar-refractivity contribution is 5.41. The Bertz CT molecular complexity index is 498. The molecule has 0 bridgehead atoms. The van der Waals surface area contributed by atoms with Gasteiger partial charge in [-0.05, 0) is 32.6 Å². The van der Waals surface area contributed by atoms with Gasteiger partial charge in [-0.15, -0.1) is 0 Å². The second-order valence-corrected chi connectivity index (χ2v) is 6.96. The highest BCUT2D eigenvalue weighted by atomic mass is 15.3. The highest BCUT2D eigenvalue weighted by Gasteiger charge is 2.29. The summed E-state index contributed by atoms with van der Waals surface area (Å²) in [7, 11) is 0. The molecule has 3 fully saturated rings. The lowest BCUT2D eigenvalue weighted by atomic mass is 10.2. The van der Waals surface area contributed by atoms with Crippen LogP contribution in [0.1, 0.15) is 56.0 Å². The van der Waals surface area contributed by atoms with Crippen molar-refractivity contribution in [1.82, 2.24) is 14.9 Å². The van der Waals surface area contributed by atoms with Crippen molar-refractivity contribution in [2.75, 3.05) is 31.1 Å². The summed E-state index contributed by atoms with van der Waals surface area (Å²) in [6, 6.07) is 3.03. The lowest BCUT2D eigenvalue weighted by Crippen LogP contribution is -2.50. The van der Waals surface area contributed by atoms with Gasteiger partial charge in [-0.25, -0.2) is 9.97 Å². The zero-order chi connectivity index (χ0) is 14.2. The molecule has 1 saturated heterocycles. The molecule has 2 heterocycles. The number of nitrogens with zero attached hydrogens (tertiary/aromatic N) is 4. The van der Waals surface area contributed by atoms with E-state index in [1.165, 1.54) is 51.6 Å². The van der Waals surface area contributed by atoms with Gasteiger partial charge in [0.15, 0.2) is 0 Å². The Morgan fingerprint density at radius 1 is 0.952 bits per heavy atom. The first-order valence-corrected chi connectivity index (χ1v) is 8.64. The average molecular weight is 286 g/mol. The number of aryl methyl sites for hydroxylation is 1. The summed E-state index contributed by atoms with van der Waals surface area (Å²) in [5.74, 6) is 2.89. The van der Waals surface area contributed by atoms with E-state index in [9.17, 15) is 0 Å². The second-order valence-electron chi connectivity index (χ2n) is 6.96. The van der Waals surface area contributed by atoms with E-state index < -0.39 is 0 Å². The molecule has 0 atom stereocenters. The van der Waals surface area contributed by atoms with Crippen LogP contribution in [-0.2, 0) is 0 Å². The first kappa shape index (κ1) is 13.5. The molecule has 0 aromatic carbocycles. The summed E-state index contributed by atoms with van der Waals surface area (Å²) < 4.78 is 0. The third kappa shape index (κ3) is 2.91. The molecule has 4 nitrogen and oxygen atoms in total. The highest BCUT2D eigenvalue weighted by Crippen LogP contribution is 2.38. The van der Waals surface area contributed by atoms with Crippen molar-refractivity contribution in [2.24, 2.45) is 0 Å². The Kier molecular flexibility index (Phi) is 3.57. The van der Waals surface area contributed by atoms with E-state index in [0.717, 1.165) is 36.5 Å². The Morgan fingerprint density at radius 2 is 1.67 bits per heavy atom. The summed E-state index contributed by atoms with van der Waals surface area (Å²) in [6.07, 6.45) is 8.25. The Hall–Kier alpha value is -1.16. The van der Waals surface area contributed by atoms with E-state index >= 15 is 0 Å². The van der Waals surface area contributed by atoms with Gasteiger partial charge < -0.3 is 4.90 Å². The molecule has 2 saturated carbocycles. The molecular formula is C17H26N4. The quantitative estimate of drug-likeness (QED) is 0.855. The Balaban J connectivity index is 1.43. The third-order valence-electron chi connectivity index (χ3n) is 5.28. The fourth-order valence-corrected chi connectivity index (χ4v) is 3.85. The van der Waals surface area contributed by atoms with Crippen molar-refractivity contribution in [3.05, 3.63) is 17.6 Å². The van der Waals surface area contributed by atoms with Crippen LogP contribution in [0, 0.1) is 6.92 Å². The molecule has 4 rings (SSSR count). The first-order chi connectivity index (χ1) is 10.3. The monoisotopic (exact) mass is 286 g/mol. The maximum absolute atomic E-state index is 4.84. The lowest BCUT2D eigenvalue weighted by Gasteiger charge is -2.38. The Labute approximate surface area is 127 Å². The van der Waals surface area contributed by atoms with Crippen LogP contribution < -0.4 is 4.90 Å². The number of rotatable bonds is 3. The van der Waals surface area contributed by atoms with Crippen molar-refractivity contribution >= 4 is 5.82 Å². The maximum Gasteiger partial charge on any atom is 0.134 e. The molecule has 21 heavy (non-hydrogen) atoms. The number of anilines is 1. The summed E-state index contributed by atoms with van der Waals surface area (Å²) in [4.78, 5) is 14.6. The fraction of sp³-hybridized carbons (Fsp3) is 0.765. The summed E-state index contributed by atoms with van der Waals surface area (Å²) in [5.41, 5.74) is 1.13. The molecule has 0 radical (unpaired) electrons. The number of hydrogen-bond donors (Lipinski definition) is 0. The largest absolute Gasteiger partial charge is 0.354 e. The smallest absolute Gasteiger partial charge is 0.134 e. The minimum atomic E-state index is 0.642. The van der Waals surface area contributed by atoms with E-state index in [-0.39, 0.29) is 0 Å². The van der Waals surface area contributed by atoms with Gasteiger partial charge in [0.2, 0.25) is 0 Å². The van der Waals surface area contributed by atoms with Crippen molar-refractivity contribution in [3.63, 3.8) is 0 Å². The van der Waals surface area contributed by atoms with Crippen LogP contribution in [0.2, 0.25) is 0 Å². The Morgan fingerprint density at radius 3 is 2.33 bits per heavy atom. The molecule has 1 aromatic heterocycles. The number of aromatic nitrogens is 2. The minimum Gasteiger partial charge on any atom is -0.354 e. The predicted molar refractivity (Wildman–Crippen MR) is 84.8 cm³/mol. The molecule has 0 unspecified atom stereocenters. The molecule has 0 spiro atoms. The van der Waals surface area contributed by atoms with E-state index in [1.54, 1.807) is 0 Å². The summed E-state index contributed by atoms with van der Waals surface area (Å²) in [5, 5.41) is 0. The van der Waals surface area contributed by atoms with E-state index in [4.69, 9.17) is 4.98 Å². The topological polar surface area (TPSA) is 32.3 Å². The summed E-state index contributed by atoms with van der Waals surface area (Å²) in [6.45, 7) is 6.75. The molecule has 1 aromatic rings. The van der Waals surface area contributed by atoms with Gasteiger partial charge in [-0.1, -0.05) is 12.8 Å². The van der Waals surface area contributed by atoms with Crippen molar-refractivity contribution in [2.45, 2.75) is 57.4 Å². The van der Waals surface area contributed by atoms with Gasteiger partial charge in [0.05, 0.1) is 0 Å². The van der Waals surface area contributed by atoms with Crippen LogP contribution in [-0.4, -0.2) is 47.1 Å². The van der Waals surface area contributed by atoms with Crippen LogP contribution >= 0.6 is 0 Å². The number of piperazine rings is 1. The molecule has 0 N–H and O–H groups in total. The maximum atomic E-state index is 4.84. The predicted octanol–water partition coefficient (Wildman–Crippen LogP) is 2.73. The zero-order valence-electron chi connectivity index (χ0n) is 13.1. The molecule has 114 valence electrons. The normalized spacial score (nSPS) is 24.7. The lowest BCUT2D eigenvalue weighted by molar-refractivity contribution is 0.187. The van der Waals surface area contributed by atoms with Crippen LogP contribution in [0.3, 0.4) is 0 Å². The zero-order valence-corrected chi connectivity index (χ0v) is 13.1. The first-order valence-electron chi connectivity index (χ1n) is 8.64. The molecule has 3 aliphatic rings. The van der Waals surface area contributed by atoms with Crippen LogP contribution in [0.5, 0.6) is 0 Å². The molecule has 0 amide bonds. The SMILES string of the molecule is Cc1cc(N2CCN(C3CCCC3)CC2)nc(C2CC2)n1. The van der Waals surface area contributed by atoms with Crippen LogP contribution in [0.15, 0.2) is 6.07 Å². The van der Waals surface area contributed by atoms with Crippen molar-refractivity contribution in [1.29, 1.82) is 0 Å². The standard InChI is InChI=1S/C17H26N4/c1-13-12-16(19-17(18-13)14-6-7-14)21-10-8-20(9-11-21)15-4-2-3-5-15/h12,14-15H,2-11H2,1H3. The van der Waals surface area contributed by atoms with Gasteiger partial charge in [-0.3, -0.25) is 4.90 Å². The van der Waals surface area contributed by atoms with Gasteiger partial charge >= 0.3 is 0 Å². The van der Waals surface area contributed by atoms with Crippen LogP contribution in [0.25, 0.3) is 0 Å². The van der Waals surface area contributed by atoms with Gasteiger partial charge in [-0.2, -0.15) is 0 Å². The fourth-order valence-electron chi connectivity index (χ4n) is 3.85.